The number of aryl methyl sites for hydroxylation is 1. The van der Waals surface area contributed by atoms with E-state index < -0.39 is 5.97 Å². The third kappa shape index (κ3) is 2.99. The van der Waals surface area contributed by atoms with Gasteiger partial charge in [-0.2, -0.15) is 0 Å². The van der Waals surface area contributed by atoms with Crippen LogP contribution in [0.4, 0.5) is 0 Å². The maximum Gasteiger partial charge on any atom is 0.313 e. The molecule has 0 unspecified atom stereocenters. The third-order valence-electron chi connectivity index (χ3n) is 2.83. The molecule has 0 aliphatic carbocycles. The second kappa shape index (κ2) is 5.65. The van der Waals surface area contributed by atoms with Gasteiger partial charge < -0.3 is 9.30 Å². The number of rotatable bonds is 5. The van der Waals surface area contributed by atoms with Crippen LogP contribution in [0, 0.1) is 6.92 Å². The van der Waals surface area contributed by atoms with Crippen LogP contribution in [0.25, 0.3) is 11.0 Å². The summed E-state index contributed by atoms with van der Waals surface area (Å²) in [6.07, 6.45) is -0.195. The Kier molecular flexibility index (Phi) is 3.94. The molecule has 5 heteroatoms. The summed E-state index contributed by atoms with van der Waals surface area (Å²) in [6, 6.07) is 7.61. The van der Waals surface area contributed by atoms with Crippen LogP contribution in [0.2, 0.25) is 0 Å². The lowest BCUT2D eigenvalue weighted by molar-refractivity contribution is -0.145. The summed E-state index contributed by atoms with van der Waals surface area (Å²) < 4.78 is 6.58. The van der Waals surface area contributed by atoms with E-state index in [1.54, 1.807) is 6.92 Å². The van der Waals surface area contributed by atoms with Gasteiger partial charge in [-0.15, -0.1) is 0 Å². The summed E-state index contributed by atoms with van der Waals surface area (Å²) in [7, 11) is 0. The second-order valence-electron chi connectivity index (χ2n) is 4.25. The number of carbonyl (C=O) groups excluding carboxylic acids is 2. The van der Waals surface area contributed by atoms with Crippen molar-refractivity contribution in [1.82, 2.24) is 9.55 Å². The highest BCUT2D eigenvalue weighted by Crippen LogP contribution is 2.15. The van der Waals surface area contributed by atoms with Crippen molar-refractivity contribution in [3.63, 3.8) is 0 Å². The molecular weight excluding hydrogens is 244 g/mol. The molecular formula is C14H16N2O3. The van der Waals surface area contributed by atoms with Crippen molar-refractivity contribution in [2.45, 2.75) is 26.8 Å². The molecule has 0 bridgehead atoms. The highest BCUT2D eigenvalue weighted by atomic mass is 16.5. The topological polar surface area (TPSA) is 61.2 Å². The quantitative estimate of drug-likeness (QED) is 0.608. The van der Waals surface area contributed by atoms with E-state index in [1.807, 2.05) is 35.8 Å². The highest BCUT2D eigenvalue weighted by molar-refractivity contribution is 5.96. The Morgan fingerprint density at radius 1 is 1.32 bits per heavy atom. The molecule has 0 amide bonds. The van der Waals surface area contributed by atoms with Gasteiger partial charge in [-0.1, -0.05) is 12.1 Å². The number of carbonyl (C=O) groups is 2. The molecule has 0 atom stereocenters. The van der Waals surface area contributed by atoms with Crippen molar-refractivity contribution < 1.29 is 14.3 Å². The number of ether oxygens (including phenoxy) is 1. The molecule has 5 nitrogen and oxygen atoms in total. The minimum Gasteiger partial charge on any atom is -0.466 e. The average molecular weight is 260 g/mol. The molecule has 1 aromatic heterocycles. The number of hydrogen-bond acceptors (Lipinski definition) is 4. The fraction of sp³-hybridized carbons (Fsp3) is 0.357. The molecule has 100 valence electrons. The molecule has 19 heavy (non-hydrogen) atoms. The Morgan fingerprint density at radius 2 is 2.05 bits per heavy atom. The van der Waals surface area contributed by atoms with Crippen LogP contribution in [0.3, 0.4) is 0 Å². The normalized spacial score (nSPS) is 10.6. The summed E-state index contributed by atoms with van der Waals surface area (Å²) in [6.45, 7) is 4.00. The lowest BCUT2D eigenvalue weighted by Crippen LogP contribution is -2.17. The van der Waals surface area contributed by atoms with E-state index in [4.69, 9.17) is 4.74 Å². The molecule has 2 aromatic rings. The maximum atomic E-state index is 11.8. The van der Waals surface area contributed by atoms with E-state index in [0.29, 0.717) is 6.61 Å². The molecule has 2 rings (SSSR count). The first-order chi connectivity index (χ1) is 9.11. The first kappa shape index (κ1) is 13.3. The van der Waals surface area contributed by atoms with Gasteiger partial charge in [0.15, 0.2) is 5.78 Å². The molecule has 0 saturated carbocycles. The van der Waals surface area contributed by atoms with Crippen LogP contribution in [-0.4, -0.2) is 27.9 Å². The average Bonchev–Trinajstić information content (AvgIpc) is 2.66. The van der Waals surface area contributed by atoms with E-state index in [1.165, 1.54) is 0 Å². The fourth-order valence-corrected chi connectivity index (χ4v) is 2.00. The number of esters is 1. The van der Waals surface area contributed by atoms with E-state index in [0.717, 1.165) is 16.9 Å². The molecule has 1 aromatic carbocycles. The van der Waals surface area contributed by atoms with Crippen LogP contribution < -0.4 is 0 Å². The zero-order valence-corrected chi connectivity index (χ0v) is 11.0. The predicted octanol–water partition coefficient (Wildman–Crippen LogP) is 1.87. The number of nitrogens with zero attached hydrogens (tertiary/aromatic N) is 2. The lowest BCUT2D eigenvalue weighted by Gasteiger charge is -2.06. The summed E-state index contributed by atoms with van der Waals surface area (Å²) in [5.74, 6) is 0.109. The minimum absolute atomic E-state index is 0.144. The third-order valence-corrected chi connectivity index (χ3v) is 2.83. The summed E-state index contributed by atoms with van der Waals surface area (Å²) >= 11 is 0. The molecule has 0 aliphatic rings. The first-order valence-corrected chi connectivity index (χ1v) is 6.21. The Labute approximate surface area is 111 Å². The zero-order valence-electron chi connectivity index (χ0n) is 11.0. The molecule has 0 saturated heterocycles. The SMILES string of the molecule is CCOC(=O)CC(=O)Cn1c(C)nc2ccccc21. The second-order valence-corrected chi connectivity index (χ2v) is 4.25. The summed E-state index contributed by atoms with van der Waals surface area (Å²) in [4.78, 5) is 27.5. The molecule has 1 heterocycles. The Morgan fingerprint density at radius 3 is 2.79 bits per heavy atom. The van der Waals surface area contributed by atoms with Crippen molar-refractivity contribution in [3.8, 4) is 0 Å². The van der Waals surface area contributed by atoms with Crippen molar-refractivity contribution >= 4 is 22.8 Å². The van der Waals surface area contributed by atoms with Gasteiger partial charge in [0.1, 0.15) is 12.2 Å². The Hall–Kier alpha value is -2.17. The number of aromatic nitrogens is 2. The standard InChI is InChI=1S/C14H16N2O3/c1-3-19-14(18)8-11(17)9-16-10(2)15-12-6-4-5-7-13(12)16/h4-7H,3,8-9H2,1-2H3. The molecule has 0 N–H and O–H groups in total. The van der Waals surface area contributed by atoms with Crippen molar-refractivity contribution in [1.29, 1.82) is 0 Å². The monoisotopic (exact) mass is 260 g/mol. The van der Waals surface area contributed by atoms with Crippen LogP contribution in [0.1, 0.15) is 19.2 Å². The van der Waals surface area contributed by atoms with E-state index in [2.05, 4.69) is 4.98 Å². The zero-order chi connectivity index (χ0) is 13.8. The maximum absolute atomic E-state index is 11.8. The number of benzene rings is 1. The van der Waals surface area contributed by atoms with Crippen LogP contribution >= 0.6 is 0 Å². The number of imidazole rings is 1. The predicted molar refractivity (Wildman–Crippen MR) is 70.7 cm³/mol. The van der Waals surface area contributed by atoms with Gasteiger partial charge in [-0.25, -0.2) is 4.98 Å². The summed E-state index contributed by atoms with van der Waals surface area (Å²) in [5.41, 5.74) is 1.75. The highest BCUT2D eigenvalue weighted by Gasteiger charge is 2.14. The van der Waals surface area contributed by atoms with Gasteiger partial charge in [0.2, 0.25) is 0 Å². The number of para-hydroxylation sites is 2. The number of hydrogen-bond donors (Lipinski definition) is 0. The largest absolute Gasteiger partial charge is 0.466 e. The van der Waals surface area contributed by atoms with E-state index >= 15 is 0 Å². The lowest BCUT2D eigenvalue weighted by atomic mass is 10.2. The fourth-order valence-electron chi connectivity index (χ4n) is 2.00. The van der Waals surface area contributed by atoms with Gasteiger partial charge in [0.05, 0.1) is 24.2 Å². The smallest absolute Gasteiger partial charge is 0.313 e. The first-order valence-electron chi connectivity index (χ1n) is 6.21. The Bertz CT molecular complexity index is 616. The molecule has 0 fully saturated rings. The van der Waals surface area contributed by atoms with Gasteiger partial charge in [0.25, 0.3) is 0 Å². The molecule has 0 aliphatic heterocycles. The molecule has 0 spiro atoms. The van der Waals surface area contributed by atoms with Crippen molar-refractivity contribution in [3.05, 3.63) is 30.1 Å². The van der Waals surface area contributed by atoms with Crippen LogP contribution in [-0.2, 0) is 20.9 Å². The van der Waals surface area contributed by atoms with Crippen molar-refractivity contribution in [2.24, 2.45) is 0 Å². The van der Waals surface area contributed by atoms with Crippen LogP contribution in [0.15, 0.2) is 24.3 Å². The minimum atomic E-state index is -0.477. The van der Waals surface area contributed by atoms with Crippen LogP contribution in [0.5, 0.6) is 0 Å². The molecule has 0 radical (unpaired) electrons. The van der Waals surface area contributed by atoms with E-state index in [9.17, 15) is 9.59 Å². The van der Waals surface area contributed by atoms with Gasteiger partial charge in [-0.3, -0.25) is 9.59 Å². The van der Waals surface area contributed by atoms with Gasteiger partial charge >= 0.3 is 5.97 Å². The number of ketones is 1. The number of Topliss-reactive ketones (excluding diaryl/α,β-unsaturated/α-hetero) is 1. The summed E-state index contributed by atoms with van der Waals surface area (Å²) in [5, 5.41) is 0. The van der Waals surface area contributed by atoms with Gasteiger partial charge in [-0.05, 0) is 26.0 Å². The number of fused-ring (bicyclic) bond motifs is 1. The van der Waals surface area contributed by atoms with Gasteiger partial charge in [0, 0.05) is 0 Å². The van der Waals surface area contributed by atoms with E-state index in [-0.39, 0.29) is 18.7 Å². The Balaban J connectivity index is 2.15. The van der Waals surface area contributed by atoms with Crippen molar-refractivity contribution in [2.75, 3.05) is 6.61 Å².